The van der Waals surface area contributed by atoms with Crippen LogP contribution in [0.15, 0.2) is 0 Å². The first kappa shape index (κ1) is 17.2. The van der Waals surface area contributed by atoms with Gasteiger partial charge < -0.3 is 19.7 Å². The van der Waals surface area contributed by atoms with Crippen LogP contribution in [0.25, 0.3) is 0 Å². The van der Waals surface area contributed by atoms with E-state index in [2.05, 4.69) is 5.23 Å². The fourth-order valence-corrected chi connectivity index (χ4v) is 1.50. The lowest BCUT2D eigenvalue weighted by Crippen LogP contribution is -2.33. The summed E-state index contributed by atoms with van der Waals surface area (Å²) >= 11 is 5.58. The minimum absolute atomic E-state index is 0.470. The van der Waals surface area contributed by atoms with Gasteiger partial charge >= 0.3 is 7.05 Å². The highest BCUT2D eigenvalue weighted by Gasteiger charge is 1.99. The van der Waals surface area contributed by atoms with Gasteiger partial charge in [-0.25, -0.2) is 0 Å². The first-order chi connectivity index (χ1) is 8.27. The molecule has 17 heavy (non-hydrogen) atoms. The van der Waals surface area contributed by atoms with Crippen LogP contribution < -0.4 is 5.23 Å². The van der Waals surface area contributed by atoms with Crippen molar-refractivity contribution in [3.05, 3.63) is 0 Å². The van der Waals surface area contributed by atoms with E-state index in [-0.39, 0.29) is 0 Å². The molecule has 0 aliphatic rings. The molecule has 0 spiro atoms. The van der Waals surface area contributed by atoms with Gasteiger partial charge in [-0.15, -0.1) is 11.6 Å². The Morgan fingerprint density at radius 3 is 2.29 bits per heavy atom. The molecule has 2 N–H and O–H groups in total. The van der Waals surface area contributed by atoms with Crippen LogP contribution in [0.1, 0.15) is 25.7 Å². The maximum atomic E-state index is 8.91. The summed E-state index contributed by atoms with van der Waals surface area (Å²) in [6.45, 7) is 5.01. The Kier molecular flexibility index (Phi) is 14.4. The third-order valence-corrected chi connectivity index (χ3v) is 2.50. The van der Waals surface area contributed by atoms with Crippen molar-refractivity contribution < 1.29 is 14.5 Å². The summed E-state index contributed by atoms with van der Waals surface area (Å²) < 4.78 is 10.7. The number of rotatable bonds is 13. The Hall–Kier alpha value is 0.195. The van der Waals surface area contributed by atoms with Gasteiger partial charge in [-0.05, 0) is 19.7 Å². The molecule has 0 aliphatic heterocycles. The van der Waals surface area contributed by atoms with Crippen molar-refractivity contribution in [1.82, 2.24) is 5.23 Å². The van der Waals surface area contributed by atoms with Crippen LogP contribution in [0.3, 0.4) is 0 Å². The highest BCUT2D eigenvalue weighted by Crippen LogP contribution is 2.00. The highest BCUT2D eigenvalue weighted by molar-refractivity contribution is 6.45. The average Bonchev–Trinajstić information content (AvgIpc) is 2.30. The summed E-state index contributed by atoms with van der Waals surface area (Å²) in [5.74, 6) is 0.759. The maximum absolute atomic E-state index is 8.91. The second-order valence-electron chi connectivity index (χ2n) is 3.96. The molecular formula is C11H25BClNO3. The minimum atomic E-state index is -0.470. The van der Waals surface area contributed by atoms with Gasteiger partial charge in [0.25, 0.3) is 0 Å². The van der Waals surface area contributed by atoms with Crippen LogP contribution in [0.5, 0.6) is 0 Å². The normalized spacial score (nSPS) is 10.8. The molecule has 6 heteroatoms. The molecule has 0 aliphatic carbocycles. The summed E-state index contributed by atoms with van der Waals surface area (Å²) in [7, 11) is -0.470. The van der Waals surface area contributed by atoms with E-state index in [9.17, 15) is 0 Å². The van der Waals surface area contributed by atoms with E-state index in [1.807, 2.05) is 0 Å². The van der Waals surface area contributed by atoms with Crippen molar-refractivity contribution >= 4 is 18.7 Å². The average molecular weight is 266 g/mol. The Balaban J connectivity index is 2.89. The topological polar surface area (TPSA) is 50.7 Å². The van der Waals surface area contributed by atoms with Crippen molar-refractivity contribution in [3.8, 4) is 0 Å². The summed E-state index contributed by atoms with van der Waals surface area (Å²) in [6, 6.07) is 0. The standard InChI is InChI=1S/C11H25BClNO3/c1-12(15)14-7-9-17-11-10-16-8-5-3-2-4-6-13/h14-15H,2-11H2,1H3. The molecule has 0 saturated carbocycles. The Labute approximate surface area is 110 Å². The first-order valence-electron chi connectivity index (χ1n) is 6.40. The van der Waals surface area contributed by atoms with Crippen LogP contribution in [-0.4, -0.2) is 50.9 Å². The third-order valence-electron chi connectivity index (χ3n) is 2.23. The number of unbranched alkanes of at least 4 members (excludes halogenated alkanes) is 3. The van der Waals surface area contributed by atoms with Gasteiger partial charge in [0.05, 0.1) is 19.8 Å². The Bertz CT molecular complexity index is 153. The molecule has 0 rings (SSSR count). The predicted octanol–water partition coefficient (Wildman–Crippen LogP) is 1.52. The van der Waals surface area contributed by atoms with Gasteiger partial charge in [0.15, 0.2) is 0 Å². The molecule has 102 valence electrons. The monoisotopic (exact) mass is 265 g/mol. The third kappa shape index (κ3) is 16.2. The van der Waals surface area contributed by atoms with Crippen molar-refractivity contribution in [1.29, 1.82) is 0 Å². The molecule has 0 unspecified atom stereocenters. The zero-order chi connectivity index (χ0) is 12.8. The van der Waals surface area contributed by atoms with E-state index in [0.717, 1.165) is 25.3 Å². The van der Waals surface area contributed by atoms with Crippen LogP contribution in [0.4, 0.5) is 0 Å². The predicted molar refractivity (Wildman–Crippen MR) is 72.7 cm³/mol. The molecule has 0 heterocycles. The minimum Gasteiger partial charge on any atom is -0.437 e. The second-order valence-corrected chi connectivity index (χ2v) is 4.34. The van der Waals surface area contributed by atoms with Gasteiger partial charge in [-0.3, -0.25) is 0 Å². The molecule has 0 aromatic heterocycles. The van der Waals surface area contributed by atoms with E-state index >= 15 is 0 Å². The number of hydrogen-bond donors (Lipinski definition) is 2. The van der Waals surface area contributed by atoms with Crippen LogP contribution in [0, 0.1) is 0 Å². The molecular weight excluding hydrogens is 240 g/mol. The molecule has 0 aromatic rings. The molecule has 0 amide bonds. The SMILES string of the molecule is CB(O)NCCOCCOCCCCCCCl. The van der Waals surface area contributed by atoms with Crippen molar-refractivity contribution in [2.24, 2.45) is 0 Å². The fourth-order valence-electron chi connectivity index (χ4n) is 1.31. The lowest BCUT2D eigenvalue weighted by atomic mass is 9.89. The van der Waals surface area contributed by atoms with Crippen molar-refractivity contribution in [2.45, 2.75) is 32.5 Å². The number of halogens is 1. The summed E-state index contributed by atoms with van der Waals surface area (Å²) in [5.41, 5.74) is 0. The Morgan fingerprint density at radius 1 is 1.00 bits per heavy atom. The maximum Gasteiger partial charge on any atom is 0.373 e. The van der Waals surface area contributed by atoms with Gasteiger partial charge in [0, 0.05) is 19.0 Å². The first-order valence-corrected chi connectivity index (χ1v) is 6.93. The summed E-state index contributed by atoms with van der Waals surface area (Å²) in [5, 5.41) is 11.8. The van der Waals surface area contributed by atoms with Crippen LogP contribution in [-0.2, 0) is 9.47 Å². The van der Waals surface area contributed by atoms with Crippen molar-refractivity contribution in [2.75, 3.05) is 38.9 Å². The zero-order valence-corrected chi connectivity index (χ0v) is 11.5. The van der Waals surface area contributed by atoms with Gasteiger partial charge in [-0.2, -0.15) is 0 Å². The van der Waals surface area contributed by atoms with Gasteiger partial charge in [0.2, 0.25) is 0 Å². The number of ether oxygens (including phenoxy) is 2. The van der Waals surface area contributed by atoms with Crippen LogP contribution >= 0.6 is 11.6 Å². The molecule has 0 bridgehead atoms. The number of nitrogens with one attached hydrogen (secondary N) is 1. The molecule has 0 fully saturated rings. The van der Waals surface area contributed by atoms with E-state index in [1.54, 1.807) is 6.82 Å². The lowest BCUT2D eigenvalue weighted by molar-refractivity contribution is 0.0482. The van der Waals surface area contributed by atoms with E-state index in [1.165, 1.54) is 12.8 Å². The van der Waals surface area contributed by atoms with Crippen molar-refractivity contribution in [3.63, 3.8) is 0 Å². The van der Waals surface area contributed by atoms with Gasteiger partial charge in [0.1, 0.15) is 0 Å². The molecule has 0 saturated heterocycles. The van der Waals surface area contributed by atoms with Crippen LogP contribution in [0.2, 0.25) is 6.82 Å². The molecule has 0 radical (unpaired) electrons. The molecule has 0 aromatic carbocycles. The zero-order valence-electron chi connectivity index (χ0n) is 10.8. The molecule has 4 nitrogen and oxygen atoms in total. The number of alkyl halides is 1. The summed E-state index contributed by atoms with van der Waals surface area (Å²) in [4.78, 5) is 0. The Morgan fingerprint density at radius 2 is 1.65 bits per heavy atom. The van der Waals surface area contributed by atoms with E-state index in [0.29, 0.717) is 26.4 Å². The number of hydrogen-bond acceptors (Lipinski definition) is 4. The lowest BCUT2D eigenvalue weighted by Gasteiger charge is -2.07. The highest BCUT2D eigenvalue weighted by atomic mass is 35.5. The largest absolute Gasteiger partial charge is 0.437 e. The smallest absolute Gasteiger partial charge is 0.373 e. The second kappa shape index (κ2) is 14.3. The fraction of sp³-hybridized carbons (Fsp3) is 1.00. The van der Waals surface area contributed by atoms with Gasteiger partial charge in [-0.1, -0.05) is 12.8 Å². The quantitative estimate of drug-likeness (QED) is 0.301. The van der Waals surface area contributed by atoms with E-state index < -0.39 is 7.05 Å². The van der Waals surface area contributed by atoms with E-state index in [4.69, 9.17) is 26.1 Å². The summed E-state index contributed by atoms with van der Waals surface area (Å²) in [6.07, 6.45) is 4.57. The molecule has 0 atom stereocenters.